The summed E-state index contributed by atoms with van der Waals surface area (Å²) >= 11 is 0. The zero-order valence-corrected chi connectivity index (χ0v) is 7.92. The van der Waals surface area contributed by atoms with Crippen LogP contribution in [0.1, 0.15) is 5.56 Å². The van der Waals surface area contributed by atoms with Crippen LogP contribution < -0.4 is 11.2 Å². The zero-order chi connectivity index (χ0) is 12.2. The zero-order valence-electron chi connectivity index (χ0n) is 7.92. The summed E-state index contributed by atoms with van der Waals surface area (Å²) in [7, 11) is 0. The molecular formula is C9H7F3N4. The summed E-state index contributed by atoms with van der Waals surface area (Å²) in [6.45, 7) is 0. The van der Waals surface area contributed by atoms with Gasteiger partial charge in [-0.2, -0.15) is 23.5 Å². The Morgan fingerprint density at radius 3 is 2.31 bits per heavy atom. The predicted octanol–water partition coefficient (Wildman–Crippen LogP) is 1.80. The van der Waals surface area contributed by atoms with Gasteiger partial charge in [-0.3, -0.25) is 5.43 Å². The average Bonchev–Trinajstić information content (AvgIpc) is 2.25. The average molecular weight is 228 g/mol. The molecule has 0 aliphatic carbocycles. The fraction of sp³-hybridized carbons (Fsp3) is 0.111. The van der Waals surface area contributed by atoms with E-state index in [-0.39, 0.29) is 0 Å². The molecule has 0 unspecified atom stereocenters. The first-order chi connectivity index (χ1) is 7.43. The number of nitrogens with zero attached hydrogens (tertiary/aromatic N) is 2. The summed E-state index contributed by atoms with van der Waals surface area (Å²) in [6, 6.07) is 7.61. The van der Waals surface area contributed by atoms with Crippen LogP contribution >= 0.6 is 0 Å². The maximum Gasteiger partial charge on any atom is 0.450 e. The van der Waals surface area contributed by atoms with Crippen molar-refractivity contribution < 1.29 is 13.2 Å². The van der Waals surface area contributed by atoms with E-state index in [2.05, 4.69) is 16.3 Å². The number of nitrogens with one attached hydrogen (secondary N) is 1. The SMILES string of the molecule is N#Cc1ccc(N/N=C(\N)C(F)(F)F)cc1. The van der Waals surface area contributed by atoms with Crippen molar-refractivity contribution in [2.75, 3.05) is 5.43 Å². The van der Waals surface area contributed by atoms with Crippen molar-refractivity contribution in [1.82, 2.24) is 0 Å². The number of nitriles is 1. The molecule has 0 atom stereocenters. The highest BCUT2D eigenvalue weighted by molar-refractivity contribution is 5.86. The van der Waals surface area contributed by atoms with Crippen LogP contribution in [0, 0.1) is 11.3 Å². The molecule has 1 aromatic rings. The summed E-state index contributed by atoms with van der Waals surface area (Å²) in [4.78, 5) is 0. The Balaban J connectivity index is 2.72. The largest absolute Gasteiger partial charge is 0.450 e. The van der Waals surface area contributed by atoms with E-state index in [0.29, 0.717) is 11.3 Å². The molecule has 1 rings (SSSR count). The van der Waals surface area contributed by atoms with Gasteiger partial charge in [-0.1, -0.05) is 0 Å². The second kappa shape index (κ2) is 4.53. The van der Waals surface area contributed by atoms with Crippen LogP contribution in [0.2, 0.25) is 0 Å². The lowest BCUT2D eigenvalue weighted by molar-refractivity contribution is -0.0599. The van der Waals surface area contributed by atoms with Gasteiger partial charge >= 0.3 is 6.18 Å². The molecule has 0 spiro atoms. The van der Waals surface area contributed by atoms with E-state index in [1.165, 1.54) is 24.3 Å². The van der Waals surface area contributed by atoms with Crippen LogP contribution in [0.4, 0.5) is 18.9 Å². The van der Waals surface area contributed by atoms with Crippen LogP contribution in [0.25, 0.3) is 0 Å². The van der Waals surface area contributed by atoms with E-state index in [0.717, 1.165) is 0 Å². The van der Waals surface area contributed by atoms with Gasteiger partial charge in [-0.15, -0.1) is 0 Å². The van der Waals surface area contributed by atoms with Crippen LogP contribution in [-0.2, 0) is 0 Å². The second-order valence-electron chi connectivity index (χ2n) is 2.80. The number of nitrogens with two attached hydrogens (primary N) is 1. The highest BCUT2D eigenvalue weighted by Crippen LogP contribution is 2.15. The smallest absolute Gasteiger partial charge is 0.378 e. The van der Waals surface area contributed by atoms with Crippen LogP contribution in [0.5, 0.6) is 0 Å². The summed E-state index contributed by atoms with van der Waals surface area (Å²) in [5.41, 5.74) is 7.51. The molecule has 3 N–H and O–H groups in total. The van der Waals surface area contributed by atoms with E-state index in [9.17, 15) is 13.2 Å². The molecule has 1 aromatic carbocycles. The van der Waals surface area contributed by atoms with Crippen molar-refractivity contribution in [3.05, 3.63) is 29.8 Å². The normalized spacial score (nSPS) is 12.0. The van der Waals surface area contributed by atoms with Gasteiger partial charge in [-0.05, 0) is 24.3 Å². The summed E-state index contributed by atoms with van der Waals surface area (Å²) in [5.74, 6) is -1.46. The Hall–Kier alpha value is -2.23. The minimum Gasteiger partial charge on any atom is -0.378 e. The van der Waals surface area contributed by atoms with E-state index < -0.39 is 12.0 Å². The van der Waals surface area contributed by atoms with E-state index in [1.807, 2.05) is 6.07 Å². The number of amidine groups is 1. The number of hydrogen-bond donors (Lipinski definition) is 2. The monoisotopic (exact) mass is 228 g/mol. The molecule has 0 fully saturated rings. The first-order valence-electron chi connectivity index (χ1n) is 4.10. The Morgan fingerprint density at radius 2 is 1.88 bits per heavy atom. The minimum atomic E-state index is -4.65. The van der Waals surface area contributed by atoms with E-state index in [1.54, 1.807) is 0 Å². The van der Waals surface area contributed by atoms with Crippen molar-refractivity contribution in [3.63, 3.8) is 0 Å². The number of hydrogen-bond acceptors (Lipinski definition) is 3. The fourth-order valence-corrected chi connectivity index (χ4v) is 0.807. The molecular weight excluding hydrogens is 221 g/mol. The third-order valence-corrected chi connectivity index (χ3v) is 1.61. The van der Waals surface area contributed by atoms with Crippen LogP contribution in [0.3, 0.4) is 0 Å². The number of anilines is 1. The van der Waals surface area contributed by atoms with Gasteiger partial charge in [0, 0.05) is 0 Å². The molecule has 0 saturated carbocycles. The lowest BCUT2D eigenvalue weighted by Crippen LogP contribution is -2.32. The molecule has 0 aliphatic rings. The van der Waals surface area contributed by atoms with Crippen molar-refractivity contribution >= 4 is 11.5 Å². The predicted molar refractivity (Wildman–Crippen MR) is 52.5 cm³/mol. The molecule has 84 valence electrons. The molecule has 0 aromatic heterocycles. The fourth-order valence-electron chi connectivity index (χ4n) is 0.807. The Bertz CT molecular complexity index is 428. The molecule has 0 radical (unpaired) electrons. The van der Waals surface area contributed by atoms with Gasteiger partial charge in [0.05, 0.1) is 17.3 Å². The first-order valence-corrected chi connectivity index (χ1v) is 4.10. The minimum absolute atomic E-state index is 0.311. The highest BCUT2D eigenvalue weighted by atomic mass is 19.4. The van der Waals surface area contributed by atoms with Gasteiger partial charge in [0.15, 0.2) is 0 Å². The number of rotatable bonds is 2. The number of hydrazone groups is 1. The number of halogens is 3. The van der Waals surface area contributed by atoms with Gasteiger partial charge < -0.3 is 5.73 Å². The molecule has 0 amide bonds. The van der Waals surface area contributed by atoms with Crippen molar-refractivity contribution in [3.8, 4) is 6.07 Å². The lowest BCUT2D eigenvalue weighted by Gasteiger charge is -2.05. The first kappa shape index (κ1) is 11.8. The summed E-state index contributed by atoms with van der Waals surface area (Å²) in [5, 5.41) is 11.4. The number of benzene rings is 1. The van der Waals surface area contributed by atoms with Gasteiger partial charge in [0.2, 0.25) is 5.84 Å². The Labute approximate surface area is 89.2 Å². The lowest BCUT2D eigenvalue weighted by atomic mass is 10.2. The second-order valence-corrected chi connectivity index (χ2v) is 2.80. The van der Waals surface area contributed by atoms with E-state index in [4.69, 9.17) is 5.26 Å². The molecule has 0 aliphatic heterocycles. The molecule has 0 bridgehead atoms. The molecule has 0 heterocycles. The highest BCUT2D eigenvalue weighted by Gasteiger charge is 2.33. The summed E-state index contributed by atoms with van der Waals surface area (Å²) < 4.78 is 35.8. The molecule has 16 heavy (non-hydrogen) atoms. The van der Waals surface area contributed by atoms with Crippen molar-refractivity contribution in [2.24, 2.45) is 10.8 Å². The summed E-state index contributed by atoms with van der Waals surface area (Å²) in [6.07, 6.45) is -4.65. The standard InChI is InChI=1S/C9H7F3N4/c10-9(11,12)8(14)16-15-7-3-1-6(5-13)2-4-7/h1-4,15H,(H2,14,16). The van der Waals surface area contributed by atoms with Crippen molar-refractivity contribution in [2.45, 2.75) is 6.18 Å². The van der Waals surface area contributed by atoms with Gasteiger partial charge in [0.1, 0.15) is 0 Å². The van der Waals surface area contributed by atoms with Crippen LogP contribution in [0.15, 0.2) is 29.4 Å². The maximum atomic E-state index is 11.9. The van der Waals surface area contributed by atoms with E-state index >= 15 is 0 Å². The molecule has 0 saturated heterocycles. The molecule has 7 heteroatoms. The molecule has 4 nitrogen and oxygen atoms in total. The third-order valence-electron chi connectivity index (χ3n) is 1.61. The Morgan fingerprint density at radius 1 is 1.31 bits per heavy atom. The quantitative estimate of drug-likeness (QED) is 0.460. The maximum absolute atomic E-state index is 11.9. The number of alkyl halides is 3. The van der Waals surface area contributed by atoms with Crippen LogP contribution in [-0.4, -0.2) is 12.0 Å². The van der Waals surface area contributed by atoms with Gasteiger partial charge in [0.25, 0.3) is 0 Å². The topological polar surface area (TPSA) is 74.2 Å². The third kappa shape index (κ3) is 3.16. The Kier molecular flexibility index (Phi) is 3.35. The van der Waals surface area contributed by atoms with Crippen molar-refractivity contribution in [1.29, 1.82) is 5.26 Å². The van der Waals surface area contributed by atoms with Gasteiger partial charge in [-0.25, -0.2) is 0 Å².